The van der Waals surface area contributed by atoms with Gasteiger partial charge in [0, 0.05) is 29.9 Å². The number of alkyl halides is 2. The second kappa shape index (κ2) is 10.4. The number of morpholine rings is 1. The number of nitrogens with one attached hydrogen (secondary N) is 2. The van der Waals surface area contributed by atoms with Crippen LogP contribution >= 0.6 is 11.3 Å². The summed E-state index contributed by atoms with van der Waals surface area (Å²) in [6.07, 6.45) is -4.77. The molecule has 196 valence electrons. The van der Waals surface area contributed by atoms with E-state index in [0.29, 0.717) is 37.0 Å². The Kier molecular flexibility index (Phi) is 6.70. The second-order valence-electron chi connectivity index (χ2n) is 8.59. The molecule has 0 amide bonds. The number of benzene rings is 2. The monoisotopic (exact) mass is 539 g/mol. The van der Waals surface area contributed by atoms with Crippen molar-refractivity contribution in [1.29, 1.82) is 0 Å². The van der Waals surface area contributed by atoms with Crippen LogP contribution < -0.4 is 15.5 Å². The van der Waals surface area contributed by atoms with E-state index in [2.05, 4.69) is 25.8 Å². The minimum Gasteiger partial charge on any atom is -0.402 e. The van der Waals surface area contributed by atoms with E-state index in [1.807, 2.05) is 59.5 Å². The Balaban J connectivity index is 1.32. The summed E-state index contributed by atoms with van der Waals surface area (Å²) in [6.45, 7) is 2.03. The van der Waals surface area contributed by atoms with Crippen molar-refractivity contribution in [3.05, 3.63) is 70.7 Å². The number of fused-ring (bicyclic) bond motifs is 1. The van der Waals surface area contributed by atoms with Gasteiger partial charge < -0.3 is 29.8 Å². The largest absolute Gasteiger partial charge is 0.402 e. The quantitative estimate of drug-likeness (QED) is 0.334. The van der Waals surface area contributed by atoms with Crippen LogP contribution in [0, 0.1) is 0 Å². The molecular weight excluding hydrogens is 516 g/mol. The van der Waals surface area contributed by atoms with Crippen LogP contribution in [0.1, 0.15) is 22.6 Å². The molecule has 6 rings (SSSR count). The highest BCUT2D eigenvalue weighted by Gasteiger charge is 2.30. The molecule has 1 fully saturated rings. The molecule has 4 heterocycles. The first-order chi connectivity index (χ1) is 18.6. The molecule has 4 aromatic rings. The zero-order valence-corrected chi connectivity index (χ0v) is 20.7. The van der Waals surface area contributed by atoms with Crippen molar-refractivity contribution in [2.24, 2.45) is 4.99 Å². The van der Waals surface area contributed by atoms with Crippen molar-refractivity contribution in [1.82, 2.24) is 15.2 Å². The number of para-hydroxylation sites is 1. The fourth-order valence-corrected chi connectivity index (χ4v) is 5.28. The van der Waals surface area contributed by atoms with Crippen molar-refractivity contribution in [3.8, 4) is 11.6 Å². The molecule has 2 aromatic heterocycles. The average molecular weight is 540 g/mol. The number of aliphatic hydroxyl groups excluding tert-OH is 1. The van der Waals surface area contributed by atoms with Crippen LogP contribution in [0.4, 0.5) is 25.5 Å². The Morgan fingerprint density at radius 3 is 2.61 bits per heavy atom. The van der Waals surface area contributed by atoms with Gasteiger partial charge in [0.05, 0.1) is 18.9 Å². The van der Waals surface area contributed by atoms with Crippen molar-refractivity contribution in [2.45, 2.75) is 18.8 Å². The van der Waals surface area contributed by atoms with Gasteiger partial charge in [-0.2, -0.15) is 0 Å². The third-order valence-corrected chi connectivity index (χ3v) is 7.23. The molecule has 38 heavy (non-hydrogen) atoms. The van der Waals surface area contributed by atoms with E-state index in [4.69, 9.17) is 14.1 Å². The minimum atomic E-state index is -2.73. The van der Waals surface area contributed by atoms with Crippen LogP contribution in [0.15, 0.2) is 64.0 Å². The number of aromatic nitrogens is 3. The normalized spacial score (nSPS) is 19.5. The molecule has 0 radical (unpaired) electrons. The lowest BCUT2D eigenvalue weighted by Gasteiger charge is -2.27. The maximum absolute atomic E-state index is 13.5. The number of aliphatic hydroxyl groups is 1. The summed E-state index contributed by atoms with van der Waals surface area (Å²) in [5.41, 5.74) is 3.26. The molecule has 13 heteroatoms. The molecule has 0 saturated carbocycles. The van der Waals surface area contributed by atoms with E-state index in [0.717, 1.165) is 28.2 Å². The fourth-order valence-electron chi connectivity index (χ4n) is 4.32. The highest BCUT2D eigenvalue weighted by Crippen LogP contribution is 2.40. The summed E-state index contributed by atoms with van der Waals surface area (Å²) in [4.78, 5) is 10.8. The maximum Gasteiger partial charge on any atom is 0.317 e. The number of aliphatic imine (C=N–C) groups is 1. The number of ether oxygens (including phenoxy) is 1. The highest BCUT2D eigenvalue weighted by molar-refractivity contribution is 7.16. The summed E-state index contributed by atoms with van der Waals surface area (Å²) in [7, 11) is 0. The van der Waals surface area contributed by atoms with Gasteiger partial charge in [0.2, 0.25) is 0 Å². The molecule has 0 aliphatic carbocycles. The number of thiazole rings is 1. The Morgan fingerprint density at radius 2 is 1.82 bits per heavy atom. The minimum absolute atomic E-state index is 0.0104. The SMILES string of the molecule is OC1Nc2ccccc2C(c2ccccc2)=NC1Nc1nnc(-c2nc(C(F)F)sc2N2CCOCC2)o1. The summed E-state index contributed by atoms with van der Waals surface area (Å²) in [5.74, 6) is -0.0104. The maximum atomic E-state index is 13.5. The van der Waals surface area contributed by atoms with E-state index < -0.39 is 18.8 Å². The summed E-state index contributed by atoms with van der Waals surface area (Å²) in [5, 5.41) is 25.3. The van der Waals surface area contributed by atoms with Crippen molar-refractivity contribution in [3.63, 3.8) is 0 Å². The van der Waals surface area contributed by atoms with Crippen LogP contribution in [-0.2, 0) is 4.74 Å². The van der Waals surface area contributed by atoms with Gasteiger partial charge in [0.15, 0.2) is 23.1 Å². The van der Waals surface area contributed by atoms with E-state index >= 15 is 0 Å². The lowest BCUT2D eigenvalue weighted by molar-refractivity contribution is 0.123. The molecule has 2 aliphatic heterocycles. The van der Waals surface area contributed by atoms with Crippen molar-refractivity contribution < 1.29 is 23.0 Å². The third-order valence-electron chi connectivity index (χ3n) is 6.11. The van der Waals surface area contributed by atoms with Gasteiger partial charge in [-0.3, -0.25) is 4.99 Å². The number of anilines is 3. The summed E-state index contributed by atoms with van der Waals surface area (Å²) in [6, 6.07) is 17.1. The van der Waals surface area contributed by atoms with Gasteiger partial charge in [-0.05, 0) is 6.07 Å². The lowest BCUT2D eigenvalue weighted by atomic mass is 10.0. The van der Waals surface area contributed by atoms with Crippen LogP contribution in [-0.4, -0.2) is 64.7 Å². The number of nitrogens with zero attached hydrogens (tertiary/aromatic N) is 5. The first-order valence-electron chi connectivity index (χ1n) is 12.0. The van der Waals surface area contributed by atoms with Crippen molar-refractivity contribution in [2.75, 3.05) is 41.8 Å². The Bertz CT molecular complexity index is 1440. The van der Waals surface area contributed by atoms with E-state index in [1.54, 1.807) is 0 Å². The van der Waals surface area contributed by atoms with Crippen LogP contribution in [0.25, 0.3) is 11.6 Å². The standard InChI is InChI=1S/C25H23F2N7O3S/c26-19(27)23-30-18(24(38-23)34-10-12-36-13-11-34)22-32-33-25(37-22)31-20-21(35)28-16-9-5-4-8-15(16)17(29-20)14-6-2-1-3-7-14/h1-9,19-21,28,35H,10-13H2,(H,31,33). The molecule has 2 aromatic carbocycles. The van der Waals surface area contributed by atoms with Gasteiger partial charge in [-0.15, -0.1) is 5.10 Å². The van der Waals surface area contributed by atoms with Gasteiger partial charge in [0.25, 0.3) is 12.3 Å². The predicted octanol–water partition coefficient (Wildman–Crippen LogP) is 3.99. The Hall–Kier alpha value is -3.94. The van der Waals surface area contributed by atoms with Gasteiger partial charge in [0.1, 0.15) is 5.00 Å². The van der Waals surface area contributed by atoms with Crippen LogP contribution in [0.2, 0.25) is 0 Å². The predicted molar refractivity (Wildman–Crippen MR) is 139 cm³/mol. The number of hydrogen-bond acceptors (Lipinski definition) is 11. The molecule has 10 nitrogen and oxygen atoms in total. The number of hydrogen-bond donors (Lipinski definition) is 3. The second-order valence-corrected chi connectivity index (χ2v) is 9.60. The number of halogens is 2. The highest BCUT2D eigenvalue weighted by atomic mass is 32.1. The van der Waals surface area contributed by atoms with Gasteiger partial charge in [-0.1, -0.05) is 65.0 Å². The molecule has 0 bridgehead atoms. The Morgan fingerprint density at radius 1 is 1.05 bits per heavy atom. The van der Waals surface area contributed by atoms with Crippen molar-refractivity contribution >= 4 is 33.8 Å². The molecule has 1 saturated heterocycles. The summed E-state index contributed by atoms with van der Waals surface area (Å²) < 4.78 is 38.2. The number of benzodiazepines with no additional fused rings is 1. The Labute approximate surface area is 220 Å². The van der Waals surface area contributed by atoms with Crippen LogP contribution in [0.3, 0.4) is 0 Å². The fraction of sp³-hybridized carbons (Fsp3) is 0.280. The molecule has 2 atom stereocenters. The number of rotatable bonds is 6. The molecular formula is C25H23F2N7O3S. The van der Waals surface area contributed by atoms with E-state index in [9.17, 15) is 13.9 Å². The first-order valence-corrected chi connectivity index (χ1v) is 12.8. The van der Waals surface area contributed by atoms with Crippen LogP contribution in [0.5, 0.6) is 0 Å². The van der Waals surface area contributed by atoms with E-state index in [1.165, 1.54) is 0 Å². The average Bonchev–Trinajstić information content (AvgIpc) is 3.57. The zero-order chi connectivity index (χ0) is 26.1. The van der Waals surface area contributed by atoms with Gasteiger partial charge in [-0.25, -0.2) is 13.8 Å². The van der Waals surface area contributed by atoms with Gasteiger partial charge >= 0.3 is 6.01 Å². The lowest BCUT2D eigenvalue weighted by Crippen LogP contribution is -2.37. The first kappa shape index (κ1) is 24.4. The van der Waals surface area contributed by atoms with E-state index in [-0.39, 0.29) is 22.6 Å². The molecule has 2 unspecified atom stereocenters. The molecule has 2 aliphatic rings. The topological polar surface area (TPSA) is 121 Å². The molecule has 3 N–H and O–H groups in total. The summed E-state index contributed by atoms with van der Waals surface area (Å²) >= 11 is 0.897. The third kappa shape index (κ3) is 4.83. The zero-order valence-electron chi connectivity index (χ0n) is 19.9. The molecule has 0 spiro atoms. The smallest absolute Gasteiger partial charge is 0.317 e.